The summed E-state index contributed by atoms with van der Waals surface area (Å²) < 4.78 is 0. The van der Waals surface area contributed by atoms with Crippen LogP contribution >= 0.6 is 24.0 Å². The first-order valence-corrected chi connectivity index (χ1v) is 4.57. The Morgan fingerprint density at radius 3 is 2.38 bits per heavy atom. The molecule has 5 heteroatoms. The molecule has 0 atom stereocenters. The van der Waals surface area contributed by atoms with Crippen LogP contribution in [0, 0.1) is 5.41 Å². The molecule has 0 radical (unpaired) electrons. The second-order valence-electron chi connectivity index (χ2n) is 3.25. The number of guanidine groups is 1. The van der Waals surface area contributed by atoms with Crippen molar-refractivity contribution in [1.82, 2.24) is 0 Å². The number of hydrazine groups is 1. The topological polar surface area (TPSA) is 79.1 Å². The monoisotopic (exact) mass is 328 g/mol. The molecule has 0 aliphatic carbocycles. The van der Waals surface area contributed by atoms with Crippen molar-refractivity contribution in [3.8, 4) is 0 Å². The lowest BCUT2D eigenvalue weighted by Gasteiger charge is -2.17. The van der Waals surface area contributed by atoms with Gasteiger partial charge in [-0.25, -0.2) is 10.9 Å². The minimum absolute atomic E-state index is 0. The van der Waals surface area contributed by atoms with E-state index in [1.54, 1.807) is 0 Å². The van der Waals surface area contributed by atoms with Crippen molar-refractivity contribution in [2.75, 3.05) is 5.01 Å². The summed E-state index contributed by atoms with van der Waals surface area (Å²) in [5, 5.41) is 10.5. The fourth-order valence-electron chi connectivity index (χ4n) is 1.55. The van der Waals surface area contributed by atoms with Crippen molar-refractivity contribution < 1.29 is 0 Å². The van der Waals surface area contributed by atoms with Gasteiger partial charge in [-0.15, -0.1) is 24.0 Å². The summed E-state index contributed by atoms with van der Waals surface area (Å²) in [5.41, 5.74) is 6.08. The highest BCUT2D eigenvalue weighted by Gasteiger charge is 2.07. The first-order valence-electron chi connectivity index (χ1n) is 4.57. The third-order valence-electron chi connectivity index (χ3n) is 2.29. The van der Waals surface area contributed by atoms with Gasteiger partial charge in [-0.3, -0.25) is 5.41 Å². The molecule has 2 aromatic rings. The van der Waals surface area contributed by atoms with Crippen LogP contribution in [-0.2, 0) is 0 Å². The predicted molar refractivity (Wildman–Crippen MR) is 77.9 cm³/mol. The fourth-order valence-corrected chi connectivity index (χ4v) is 1.55. The lowest BCUT2D eigenvalue weighted by atomic mass is 10.1. The maximum absolute atomic E-state index is 7.29. The van der Waals surface area contributed by atoms with Gasteiger partial charge in [0.25, 0.3) is 0 Å². The maximum Gasteiger partial charge on any atom is 0.207 e. The fraction of sp³-hybridized carbons (Fsp3) is 0. The second-order valence-corrected chi connectivity index (χ2v) is 3.25. The number of halogens is 1. The number of nitrogens with one attached hydrogen (secondary N) is 1. The van der Waals surface area contributed by atoms with Gasteiger partial charge < -0.3 is 5.73 Å². The lowest BCUT2D eigenvalue weighted by Crippen LogP contribution is -2.42. The minimum Gasteiger partial charge on any atom is -0.369 e. The number of rotatable bonds is 1. The molecule has 5 N–H and O–H groups in total. The maximum atomic E-state index is 7.29. The van der Waals surface area contributed by atoms with Crippen molar-refractivity contribution >= 4 is 46.4 Å². The molecule has 0 aliphatic heterocycles. The van der Waals surface area contributed by atoms with Crippen LogP contribution in [0.25, 0.3) is 10.8 Å². The molecular formula is C11H13IN4. The summed E-state index contributed by atoms with van der Waals surface area (Å²) in [6.07, 6.45) is 0. The predicted octanol–water partition coefficient (Wildman–Crippen LogP) is 2.03. The largest absolute Gasteiger partial charge is 0.369 e. The zero-order chi connectivity index (χ0) is 10.8. The van der Waals surface area contributed by atoms with Gasteiger partial charge in [0.2, 0.25) is 5.96 Å². The molecule has 0 fully saturated rings. The van der Waals surface area contributed by atoms with E-state index in [9.17, 15) is 0 Å². The Morgan fingerprint density at radius 1 is 1.06 bits per heavy atom. The van der Waals surface area contributed by atoms with Gasteiger partial charge in [-0.05, 0) is 11.5 Å². The molecule has 0 amide bonds. The Morgan fingerprint density at radius 2 is 1.69 bits per heavy atom. The molecule has 2 aromatic carbocycles. The number of nitrogens with two attached hydrogens (primary N) is 2. The molecule has 0 unspecified atom stereocenters. The molecule has 0 spiro atoms. The van der Waals surface area contributed by atoms with Crippen molar-refractivity contribution in [2.24, 2.45) is 11.6 Å². The van der Waals surface area contributed by atoms with Gasteiger partial charge in [0, 0.05) is 5.39 Å². The number of fused-ring (bicyclic) bond motifs is 1. The Bertz CT molecular complexity index is 507. The number of benzene rings is 2. The smallest absolute Gasteiger partial charge is 0.207 e. The van der Waals surface area contributed by atoms with Crippen LogP contribution in [0.1, 0.15) is 0 Å². The zero-order valence-corrected chi connectivity index (χ0v) is 10.9. The van der Waals surface area contributed by atoms with Crippen LogP contribution in [-0.4, -0.2) is 5.96 Å². The van der Waals surface area contributed by atoms with Gasteiger partial charge in [-0.2, -0.15) is 0 Å². The van der Waals surface area contributed by atoms with Crippen molar-refractivity contribution in [1.29, 1.82) is 5.41 Å². The van der Waals surface area contributed by atoms with Crippen LogP contribution in [0.3, 0.4) is 0 Å². The number of nitrogens with zero attached hydrogens (tertiary/aromatic N) is 1. The van der Waals surface area contributed by atoms with E-state index >= 15 is 0 Å². The van der Waals surface area contributed by atoms with Crippen molar-refractivity contribution in [3.63, 3.8) is 0 Å². The van der Waals surface area contributed by atoms with Crippen LogP contribution in [0.5, 0.6) is 0 Å². The van der Waals surface area contributed by atoms with Gasteiger partial charge in [0.05, 0.1) is 5.69 Å². The first kappa shape index (κ1) is 12.7. The lowest BCUT2D eigenvalue weighted by molar-refractivity contribution is 1.10. The molecule has 2 rings (SSSR count). The van der Waals surface area contributed by atoms with Crippen LogP contribution in [0.2, 0.25) is 0 Å². The SMILES string of the molecule is I.N=C(N)N(N)c1cccc2ccccc12. The summed E-state index contributed by atoms with van der Waals surface area (Å²) in [5.74, 6) is 5.51. The summed E-state index contributed by atoms with van der Waals surface area (Å²) in [6, 6.07) is 13.6. The second kappa shape index (κ2) is 5.13. The molecule has 16 heavy (non-hydrogen) atoms. The standard InChI is InChI=1S/C11H12N4.HI/c12-11(13)15(14)10-7-3-5-8-4-1-2-6-9(8)10;/h1-7H,14H2,(H3,12,13);1H. The molecule has 0 aliphatic rings. The van der Waals surface area contributed by atoms with Gasteiger partial charge in [0.15, 0.2) is 0 Å². The highest BCUT2D eigenvalue weighted by atomic mass is 127. The molecule has 0 saturated heterocycles. The van der Waals surface area contributed by atoms with Crippen LogP contribution in [0.15, 0.2) is 42.5 Å². The van der Waals surface area contributed by atoms with Gasteiger partial charge in [0.1, 0.15) is 0 Å². The van der Waals surface area contributed by atoms with Crippen LogP contribution in [0.4, 0.5) is 5.69 Å². The van der Waals surface area contributed by atoms with Crippen molar-refractivity contribution in [2.45, 2.75) is 0 Å². The highest BCUT2D eigenvalue weighted by molar-refractivity contribution is 14.0. The van der Waals surface area contributed by atoms with E-state index in [1.807, 2.05) is 42.5 Å². The normalized spacial score (nSPS) is 9.56. The summed E-state index contributed by atoms with van der Waals surface area (Å²) in [4.78, 5) is 0. The average Bonchev–Trinajstić information content (AvgIpc) is 2.27. The summed E-state index contributed by atoms with van der Waals surface area (Å²) in [7, 11) is 0. The molecular weight excluding hydrogens is 315 g/mol. The molecule has 84 valence electrons. The van der Waals surface area contributed by atoms with E-state index < -0.39 is 0 Å². The van der Waals surface area contributed by atoms with E-state index in [-0.39, 0.29) is 29.9 Å². The number of anilines is 1. The molecule has 0 heterocycles. The van der Waals surface area contributed by atoms with E-state index in [1.165, 1.54) is 5.01 Å². The third kappa shape index (κ3) is 2.25. The molecule has 4 nitrogen and oxygen atoms in total. The Balaban J connectivity index is 0.00000128. The zero-order valence-electron chi connectivity index (χ0n) is 8.55. The first-order chi connectivity index (χ1) is 7.20. The summed E-state index contributed by atoms with van der Waals surface area (Å²) in [6.45, 7) is 0. The van der Waals surface area contributed by atoms with Crippen molar-refractivity contribution in [3.05, 3.63) is 42.5 Å². The number of hydrogen-bond donors (Lipinski definition) is 3. The highest BCUT2D eigenvalue weighted by Crippen LogP contribution is 2.24. The van der Waals surface area contributed by atoms with E-state index in [2.05, 4.69) is 0 Å². The summed E-state index contributed by atoms with van der Waals surface area (Å²) >= 11 is 0. The third-order valence-corrected chi connectivity index (χ3v) is 2.29. The van der Waals surface area contributed by atoms with Gasteiger partial charge in [-0.1, -0.05) is 36.4 Å². The molecule has 0 aromatic heterocycles. The number of hydrogen-bond acceptors (Lipinski definition) is 2. The molecule has 0 saturated carbocycles. The minimum atomic E-state index is -0.175. The van der Waals surface area contributed by atoms with E-state index in [4.69, 9.17) is 17.0 Å². The molecule has 0 bridgehead atoms. The quantitative estimate of drug-likeness (QED) is 0.246. The van der Waals surface area contributed by atoms with E-state index in [0.29, 0.717) is 0 Å². The Hall–Kier alpha value is -1.34. The van der Waals surface area contributed by atoms with Gasteiger partial charge >= 0.3 is 0 Å². The van der Waals surface area contributed by atoms with E-state index in [0.717, 1.165) is 16.5 Å². The van der Waals surface area contributed by atoms with Crippen LogP contribution < -0.4 is 16.6 Å². The Kier molecular flexibility index (Phi) is 4.08. The Labute approximate surface area is 111 Å². The average molecular weight is 328 g/mol.